The van der Waals surface area contributed by atoms with Crippen LogP contribution in [-0.2, 0) is 11.2 Å². The fourth-order valence-corrected chi connectivity index (χ4v) is 3.22. The van der Waals surface area contributed by atoms with Crippen LogP contribution in [0.25, 0.3) is 0 Å². The minimum Gasteiger partial charge on any atom is -0.379 e. The Morgan fingerprint density at radius 3 is 3.00 bits per heavy atom. The second-order valence-electron chi connectivity index (χ2n) is 3.61. The Bertz CT molecular complexity index is 323. The molecule has 1 aliphatic rings. The van der Waals surface area contributed by atoms with Crippen molar-refractivity contribution in [3.8, 4) is 0 Å². The van der Waals surface area contributed by atoms with E-state index in [2.05, 4.69) is 5.32 Å². The Hall–Kier alpha value is 0.200. The molecule has 1 fully saturated rings. The van der Waals surface area contributed by atoms with Gasteiger partial charge in [0.05, 0.1) is 21.9 Å². The summed E-state index contributed by atoms with van der Waals surface area (Å²) >= 11 is 13.4. The summed E-state index contributed by atoms with van der Waals surface area (Å²) in [6.45, 7) is 2.57. The molecule has 1 atom stereocenters. The average molecular weight is 266 g/mol. The molecule has 0 bridgehead atoms. The second kappa shape index (κ2) is 5.51. The Balaban J connectivity index is 1.84. The standard InChI is InChI=1S/C10H13Cl2NOS/c11-9-5-7(10(12)15-9)1-2-8-6-14-4-3-13-8/h5,8,13H,1-4,6H2. The maximum absolute atomic E-state index is 6.05. The van der Waals surface area contributed by atoms with E-state index in [0.717, 1.165) is 46.8 Å². The van der Waals surface area contributed by atoms with Gasteiger partial charge in [-0.3, -0.25) is 0 Å². The fourth-order valence-electron chi connectivity index (χ4n) is 1.68. The van der Waals surface area contributed by atoms with E-state index in [4.69, 9.17) is 27.9 Å². The number of halogens is 2. The van der Waals surface area contributed by atoms with Gasteiger partial charge in [0.2, 0.25) is 0 Å². The monoisotopic (exact) mass is 265 g/mol. The van der Waals surface area contributed by atoms with Crippen molar-refractivity contribution < 1.29 is 4.74 Å². The molecule has 1 aromatic heterocycles. The molecule has 0 aliphatic carbocycles. The highest BCUT2D eigenvalue weighted by atomic mass is 35.5. The van der Waals surface area contributed by atoms with E-state index < -0.39 is 0 Å². The fraction of sp³-hybridized carbons (Fsp3) is 0.600. The van der Waals surface area contributed by atoms with Gasteiger partial charge in [-0.2, -0.15) is 0 Å². The van der Waals surface area contributed by atoms with Crippen LogP contribution in [0.15, 0.2) is 6.07 Å². The van der Waals surface area contributed by atoms with Crippen molar-refractivity contribution in [2.45, 2.75) is 18.9 Å². The highest BCUT2D eigenvalue weighted by Gasteiger charge is 2.14. The first-order valence-corrected chi connectivity index (χ1v) is 6.58. The van der Waals surface area contributed by atoms with Crippen LogP contribution >= 0.6 is 34.5 Å². The Kier molecular flexibility index (Phi) is 4.29. The number of thiophene rings is 1. The van der Waals surface area contributed by atoms with Gasteiger partial charge in [0.25, 0.3) is 0 Å². The number of hydrogen-bond acceptors (Lipinski definition) is 3. The lowest BCUT2D eigenvalue weighted by Gasteiger charge is -2.23. The zero-order valence-electron chi connectivity index (χ0n) is 8.26. The van der Waals surface area contributed by atoms with Crippen molar-refractivity contribution in [1.29, 1.82) is 0 Å². The maximum Gasteiger partial charge on any atom is 0.0976 e. The number of hydrogen-bond donors (Lipinski definition) is 1. The molecule has 1 aliphatic heterocycles. The minimum atomic E-state index is 0.452. The highest BCUT2D eigenvalue weighted by molar-refractivity contribution is 7.20. The van der Waals surface area contributed by atoms with Gasteiger partial charge in [-0.1, -0.05) is 23.2 Å². The summed E-state index contributed by atoms with van der Waals surface area (Å²) < 4.78 is 6.97. The Morgan fingerprint density at radius 1 is 1.53 bits per heavy atom. The van der Waals surface area contributed by atoms with Crippen molar-refractivity contribution in [3.63, 3.8) is 0 Å². The van der Waals surface area contributed by atoms with E-state index in [9.17, 15) is 0 Å². The molecule has 0 amide bonds. The van der Waals surface area contributed by atoms with E-state index in [1.165, 1.54) is 11.3 Å². The lowest BCUT2D eigenvalue weighted by Crippen LogP contribution is -2.41. The summed E-state index contributed by atoms with van der Waals surface area (Å²) in [5, 5.41) is 3.42. The summed E-state index contributed by atoms with van der Waals surface area (Å²) in [6, 6.07) is 2.41. The first kappa shape index (κ1) is 11.7. The van der Waals surface area contributed by atoms with Gasteiger partial charge >= 0.3 is 0 Å². The minimum absolute atomic E-state index is 0.452. The van der Waals surface area contributed by atoms with E-state index in [0.29, 0.717) is 6.04 Å². The summed E-state index contributed by atoms with van der Waals surface area (Å²) in [7, 11) is 0. The molecule has 0 saturated carbocycles. The zero-order chi connectivity index (χ0) is 10.7. The number of nitrogens with one attached hydrogen (secondary N) is 1. The molecule has 0 aromatic carbocycles. The molecule has 1 unspecified atom stereocenters. The summed E-state index contributed by atoms with van der Waals surface area (Å²) in [5.74, 6) is 0. The molecular formula is C10H13Cl2NOS. The molecule has 84 valence electrons. The molecular weight excluding hydrogens is 253 g/mol. The molecule has 5 heteroatoms. The Morgan fingerprint density at radius 2 is 2.40 bits per heavy atom. The third-order valence-corrected chi connectivity index (χ3v) is 4.06. The van der Waals surface area contributed by atoms with Crippen molar-refractivity contribution >= 4 is 34.5 Å². The van der Waals surface area contributed by atoms with Crippen LogP contribution < -0.4 is 5.32 Å². The van der Waals surface area contributed by atoms with Crippen LogP contribution in [0.5, 0.6) is 0 Å². The van der Waals surface area contributed by atoms with Gasteiger partial charge in [0.1, 0.15) is 0 Å². The van der Waals surface area contributed by atoms with E-state index in [-0.39, 0.29) is 0 Å². The van der Waals surface area contributed by atoms with Gasteiger partial charge in [-0.05, 0) is 24.5 Å². The predicted molar refractivity (Wildman–Crippen MR) is 65.3 cm³/mol. The van der Waals surface area contributed by atoms with Gasteiger partial charge in [0.15, 0.2) is 0 Å². The largest absolute Gasteiger partial charge is 0.379 e. The van der Waals surface area contributed by atoms with E-state index >= 15 is 0 Å². The predicted octanol–water partition coefficient (Wildman–Crippen LogP) is 2.98. The van der Waals surface area contributed by atoms with Crippen molar-refractivity contribution in [2.24, 2.45) is 0 Å². The molecule has 1 N–H and O–H groups in total. The van der Waals surface area contributed by atoms with Crippen LogP contribution in [0.3, 0.4) is 0 Å². The van der Waals surface area contributed by atoms with Crippen molar-refractivity contribution in [3.05, 3.63) is 20.3 Å². The molecule has 0 spiro atoms. The number of aryl methyl sites for hydroxylation is 1. The molecule has 15 heavy (non-hydrogen) atoms. The molecule has 2 heterocycles. The van der Waals surface area contributed by atoms with Crippen LogP contribution in [0.1, 0.15) is 12.0 Å². The number of ether oxygens (including phenoxy) is 1. The average Bonchev–Trinajstić information content (AvgIpc) is 2.56. The van der Waals surface area contributed by atoms with Gasteiger partial charge in [0, 0.05) is 12.6 Å². The lowest BCUT2D eigenvalue weighted by molar-refractivity contribution is 0.0743. The van der Waals surface area contributed by atoms with Gasteiger partial charge in [-0.15, -0.1) is 11.3 Å². The van der Waals surface area contributed by atoms with E-state index in [1.54, 1.807) is 0 Å². The molecule has 2 nitrogen and oxygen atoms in total. The molecule has 0 radical (unpaired) electrons. The zero-order valence-corrected chi connectivity index (χ0v) is 10.6. The number of rotatable bonds is 3. The van der Waals surface area contributed by atoms with Crippen molar-refractivity contribution in [1.82, 2.24) is 5.32 Å². The molecule has 1 aromatic rings. The summed E-state index contributed by atoms with van der Waals surface area (Å²) in [5.41, 5.74) is 1.15. The van der Waals surface area contributed by atoms with Crippen LogP contribution in [-0.4, -0.2) is 25.8 Å². The highest BCUT2D eigenvalue weighted by Crippen LogP contribution is 2.32. The third-order valence-electron chi connectivity index (χ3n) is 2.49. The smallest absolute Gasteiger partial charge is 0.0976 e. The van der Waals surface area contributed by atoms with Crippen LogP contribution in [0.4, 0.5) is 0 Å². The maximum atomic E-state index is 6.05. The first-order valence-electron chi connectivity index (χ1n) is 5.00. The third kappa shape index (κ3) is 3.33. The lowest BCUT2D eigenvalue weighted by atomic mass is 10.1. The van der Waals surface area contributed by atoms with Gasteiger partial charge < -0.3 is 10.1 Å². The number of morpholine rings is 1. The second-order valence-corrected chi connectivity index (χ2v) is 5.90. The van der Waals surface area contributed by atoms with Crippen LogP contribution in [0, 0.1) is 0 Å². The molecule has 1 saturated heterocycles. The topological polar surface area (TPSA) is 21.3 Å². The summed E-state index contributed by atoms with van der Waals surface area (Å²) in [6.07, 6.45) is 2.01. The quantitative estimate of drug-likeness (QED) is 0.908. The van der Waals surface area contributed by atoms with Crippen LogP contribution in [0.2, 0.25) is 8.67 Å². The normalized spacial score (nSPS) is 21.9. The van der Waals surface area contributed by atoms with Gasteiger partial charge in [-0.25, -0.2) is 0 Å². The Labute approximate surface area is 104 Å². The molecule has 2 rings (SSSR count). The summed E-state index contributed by atoms with van der Waals surface area (Å²) in [4.78, 5) is 0. The van der Waals surface area contributed by atoms with Crippen molar-refractivity contribution in [2.75, 3.05) is 19.8 Å². The first-order chi connectivity index (χ1) is 7.25. The van der Waals surface area contributed by atoms with E-state index in [1.807, 2.05) is 6.07 Å². The SMILES string of the molecule is Clc1cc(CCC2COCCN2)c(Cl)s1.